The minimum Gasteiger partial charge on any atom is -0.343 e. The van der Waals surface area contributed by atoms with E-state index in [1.165, 1.54) is 12.8 Å². The van der Waals surface area contributed by atoms with Gasteiger partial charge in [-0.2, -0.15) is 0 Å². The van der Waals surface area contributed by atoms with Crippen LogP contribution in [0.3, 0.4) is 0 Å². The van der Waals surface area contributed by atoms with Crippen LogP contribution in [0, 0.1) is 5.92 Å². The van der Waals surface area contributed by atoms with E-state index >= 15 is 0 Å². The van der Waals surface area contributed by atoms with E-state index in [0.717, 1.165) is 23.2 Å². The fourth-order valence-corrected chi connectivity index (χ4v) is 3.66. The van der Waals surface area contributed by atoms with Crippen molar-refractivity contribution in [3.63, 3.8) is 0 Å². The number of aromatic nitrogens is 4. The van der Waals surface area contributed by atoms with Crippen LogP contribution in [0.2, 0.25) is 5.02 Å². The number of carbonyl (C=O) groups excluding carboxylic acids is 1. The Morgan fingerprint density at radius 3 is 2.58 bits per heavy atom. The number of pyridine rings is 1. The molecule has 31 heavy (non-hydrogen) atoms. The molecule has 7 heteroatoms. The highest BCUT2D eigenvalue weighted by molar-refractivity contribution is 6.31. The molecular formula is C24H20ClN5O. The maximum Gasteiger partial charge on any atom is 0.272 e. The molecule has 4 aromatic rings. The molecule has 0 saturated heterocycles. The van der Waals surface area contributed by atoms with Gasteiger partial charge in [0.05, 0.1) is 0 Å². The first-order valence-electron chi connectivity index (χ1n) is 10.2. The summed E-state index contributed by atoms with van der Waals surface area (Å²) in [5, 5.41) is 3.53. The Hall–Kier alpha value is -3.51. The zero-order valence-electron chi connectivity index (χ0n) is 16.7. The normalized spacial score (nSPS) is 13.2. The Morgan fingerprint density at radius 2 is 1.87 bits per heavy atom. The Bertz CT molecular complexity index is 1220. The van der Waals surface area contributed by atoms with Gasteiger partial charge in [0.2, 0.25) is 0 Å². The number of hydrogen-bond acceptors (Lipinski definition) is 4. The summed E-state index contributed by atoms with van der Waals surface area (Å²) >= 11 is 6.05. The lowest BCUT2D eigenvalue weighted by Gasteiger charge is -2.09. The average Bonchev–Trinajstić information content (AvgIpc) is 3.51. The summed E-state index contributed by atoms with van der Waals surface area (Å²) in [6.07, 6.45) is 11.4. The summed E-state index contributed by atoms with van der Waals surface area (Å²) in [6, 6.07) is 12.8. The van der Waals surface area contributed by atoms with Crippen LogP contribution in [0.25, 0.3) is 22.5 Å². The first-order chi connectivity index (χ1) is 15.2. The molecule has 0 spiro atoms. The Labute approximate surface area is 185 Å². The van der Waals surface area contributed by atoms with E-state index in [4.69, 9.17) is 11.6 Å². The largest absolute Gasteiger partial charge is 0.343 e. The first-order valence-corrected chi connectivity index (χ1v) is 10.5. The monoisotopic (exact) mass is 429 g/mol. The number of anilines is 1. The van der Waals surface area contributed by atoms with Crippen LogP contribution in [-0.4, -0.2) is 25.4 Å². The van der Waals surface area contributed by atoms with E-state index in [1.807, 2.05) is 41.1 Å². The molecule has 0 atom stereocenters. The van der Waals surface area contributed by atoms with Gasteiger partial charge in [0.1, 0.15) is 5.69 Å². The van der Waals surface area contributed by atoms with Crippen molar-refractivity contribution in [1.82, 2.24) is 19.5 Å². The number of hydrogen-bond donors (Lipinski definition) is 1. The van der Waals surface area contributed by atoms with E-state index < -0.39 is 0 Å². The number of amides is 1. The molecule has 1 saturated carbocycles. The standard InChI is InChI=1S/C24H20ClN5O/c25-20-4-1-5-21(10-20)29-24(31)22-9-18(15-30(22)14-16-6-7-16)19-12-27-23(28-13-19)17-3-2-8-26-11-17/h1-5,8-13,15-16H,6-7,14H2,(H,29,31). The molecule has 0 bridgehead atoms. The van der Waals surface area contributed by atoms with Crippen molar-refractivity contribution in [3.8, 4) is 22.5 Å². The first kappa shape index (κ1) is 19.5. The van der Waals surface area contributed by atoms with Gasteiger partial charge in [-0.15, -0.1) is 0 Å². The molecule has 5 rings (SSSR count). The minimum atomic E-state index is -0.165. The van der Waals surface area contributed by atoms with Crippen molar-refractivity contribution < 1.29 is 4.79 Å². The summed E-state index contributed by atoms with van der Waals surface area (Å²) in [6.45, 7) is 0.826. The highest BCUT2D eigenvalue weighted by Gasteiger charge is 2.25. The van der Waals surface area contributed by atoms with Gasteiger partial charge in [-0.25, -0.2) is 9.97 Å². The van der Waals surface area contributed by atoms with Gasteiger partial charge in [0.25, 0.3) is 5.91 Å². The zero-order valence-corrected chi connectivity index (χ0v) is 17.5. The summed E-state index contributed by atoms with van der Waals surface area (Å²) in [7, 11) is 0. The van der Waals surface area contributed by atoms with Crippen LogP contribution in [0.5, 0.6) is 0 Å². The lowest BCUT2D eigenvalue weighted by atomic mass is 10.1. The summed E-state index contributed by atoms with van der Waals surface area (Å²) in [4.78, 5) is 26.1. The summed E-state index contributed by atoms with van der Waals surface area (Å²) < 4.78 is 2.03. The molecule has 3 heterocycles. The van der Waals surface area contributed by atoms with E-state index in [0.29, 0.717) is 28.1 Å². The molecule has 1 N–H and O–H groups in total. The van der Waals surface area contributed by atoms with Gasteiger partial charge in [-0.1, -0.05) is 17.7 Å². The lowest BCUT2D eigenvalue weighted by Crippen LogP contribution is -2.17. The molecule has 1 aromatic carbocycles. The van der Waals surface area contributed by atoms with Crippen molar-refractivity contribution >= 4 is 23.2 Å². The molecule has 3 aromatic heterocycles. The van der Waals surface area contributed by atoms with Crippen LogP contribution in [0.15, 0.2) is 73.4 Å². The fourth-order valence-electron chi connectivity index (χ4n) is 3.47. The van der Waals surface area contributed by atoms with Crippen LogP contribution in [-0.2, 0) is 6.54 Å². The molecule has 154 valence electrons. The number of nitrogens with zero attached hydrogens (tertiary/aromatic N) is 4. The van der Waals surface area contributed by atoms with Gasteiger partial charge >= 0.3 is 0 Å². The SMILES string of the molecule is O=C(Nc1cccc(Cl)c1)c1cc(-c2cnc(-c3cccnc3)nc2)cn1CC1CC1. The maximum atomic E-state index is 13.0. The molecule has 0 unspecified atom stereocenters. The van der Waals surface area contributed by atoms with Crippen LogP contribution in [0.4, 0.5) is 5.69 Å². The zero-order chi connectivity index (χ0) is 21.2. The lowest BCUT2D eigenvalue weighted by molar-refractivity contribution is 0.101. The number of rotatable bonds is 6. The Balaban J connectivity index is 1.43. The highest BCUT2D eigenvalue weighted by Crippen LogP contribution is 2.33. The van der Waals surface area contributed by atoms with Gasteiger partial charge in [0.15, 0.2) is 5.82 Å². The van der Waals surface area contributed by atoms with Crippen molar-refractivity contribution in [2.75, 3.05) is 5.32 Å². The van der Waals surface area contributed by atoms with E-state index in [1.54, 1.807) is 36.9 Å². The number of benzene rings is 1. The Kier molecular flexibility index (Phi) is 5.22. The second-order valence-electron chi connectivity index (χ2n) is 7.71. The summed E-state index contributed by atoms with van der Waals surface area (Å²) in [5.41, 5.74) is 3.91. The quantitative estimate of drug-likeness (QED) is 0.450. The highest BCUT2D eigenvalue weighted by atomic mass is 35.5. The van der Waals surface area contributed by atoms with Gasteiger partial charge in [-0.05, 0) is 55.2 Å². The molecule has 1 aliphatic rings. The summed E-state index contributed by atoms with van der Waals surface area (Å²) in [5.74, 6) is 1.08. The van der Waals surface area contributed by atoms with Crippen molar-refractivity contribution in [2.45, 2.75) is 19.4 Å². The third-order valence-electron chi connectivity index (χ3n) is 5.27. The van der Waals surface area contributed by atoms with Gasteiger partial charge < -0.3 is 9.88 Å². The van der Waals surface area contributed by atoms with Crippen LogP contribution < -0.4 is 5.32 Å². The Morgan fingerprint density at radius 1 is 1.03 bits per heavy atom. The molecule has 6 nitrogen and oxygen atoms in total. The molecular weight excluding hydrogens is 410 g/mol. The molecule has 0 aliphatic heterocycles. The molecule has 1 aliphatic carbocycles. The molecule has 0 radical (unpaired) electrons. The minimum absolute atomic E-state index is 0.165. The van der Waals surface area contributed by atoms with Crippen molar-refractivity contribution in [3.05, 3.63) is 84.2 Å². The maximum absolute atomic E-state index is 13.0. The second-order valence-corrected chi connectivity index (χ2v) is 8.15. The smallest absolute Gasteiger partial charge is 0.272 e. The van der Waals surface area contributed by atoms with E-state index in [-0.39, 0.29) is 5.91 Å². The number of halogens is 1. The predicted octanol–water partition coefficient (Wildman–Crippen LogP) is 5.32. The number of carbonyl (C=O) groups is 1. The van der Waals surface area contributed by atoms with Crippen LogP contribution >= 0.6 is 11.6 Å². The third-order valence-corrected chi connectivity index (χ3v) is 5.50. The van der Waals surface area contributed by atoms with E-state index in [9.17, 15) is 4.79 Å². The predicted molar refractivity (Wildman–Crippen MR) is 121 cm³/mol. The van der Waals surface area contributed by atoms with Crippen molar-refractivity contribution in [2.24, 2.45) is 5.92 Å². The third kappa shape index (κ3) is 4.49. The van der Waals surface area contributed by atoms with E-state index in [2.05, 4.69) is 20.3 Å². The van der Waals surface area contributed by atoms with Gasteiger partial charge in [0, 0.05) is 64.9 Å². The number of nitrogens with one attached hydrogen (secondary N) is 1. The van der Waals surface area contributed by atoms with Crippen LogP contribution in [0.1, 0.15) is 23.3 Å². The molecule has 1 fully saturated rings. The fraction of sp³-hybridized carbons (Fsp3) is 0.167. The van der Waals surface area contributed by atoms with Gasteiger partial charge in [-0.3, -0.25) is 9.78 Å². The van der Waals surface area contributed by atoms with Crippen molar-refractivity contribution in [1.29, 1.82) is 0 Å². The second kappa shape index (κ2) is 8.32. The topological polar surface area (TPSA) is 72.7 Å². The molecule has 1 amide bonds. The average molecular weight is 430 g/mol.